The molecular weight excluding hydrogens is 253 g/mol. The molecule has 1 rings (SSSR count). The van der Waals surface area contributed by atoms with E-state index in [-0.39, 0.29) is 17.2 Å². The number of carbonyl (C=O) groups is 1. The Hall–Kier alpha value is -0.930. The Kier molecular flexibility index (Phi) is 4.19. The molecule has 0 aliphatic heterocycles. The molecule has 100 valence electrons. The van der Waals surface area contributed by atoms with Gasteiger partial charge in [-0.2, -0.15) is 0 Å². The molecule has 0 saturated heterocycles. The van der Waals surface area contributed by atoms with Crippen molar-refractivity contribution in [2.45, 2.75) is 39.7 Å². The molecule has 0 amide bonds. The summed E-state index contributed by atoms with van der Waals surface area (Å²) < 4.78 is 12.9. The maximum Gasteiger partial charge on any atom is 0.144 e. The summed E-state index contributed by atoms with van der Waals surface area (Å²) in [7, 11) is 0. The zero-order chi connectivity index (χ0) is 14.1. The Bertz CT molecular complexity index is 463. The first-order valence-corrected chi connectivity index (χ1v) is 6.19. The van der Waals surface area contributed by atoms with E-state index in [9.17, 15) is 9.18 Å². The number of benzene rings is 1. The first-order chi connectivity index (χ1) is 8.05. The average Bonchev–Trinajstić information content (AvgIpc) is 2.20. The zero-order valence-corrected chi connectivity index (χ0v) is 11.9. The van der Waals surface area contributed by atoms with Crippen LogP contribution in [0.2, 0.25) is 5.02 Å². The van der Waals surface area contributed by atoms with Crippen LogP contribution < -0.4 is 5.73 Å². The second-order valence-corrected chi connectivity index (χ2v) is 6.09. The third-order valence-electron chi connectivity index (χ3n) is 3.67. The third-order valence-corrected chi connectivity index (χ3v) is 4.03. The van der Waals surface area contributed by atoms with E-state index in [1.54, 1.807) is 0 Å². The van der Waals surface area contributed by atoms with Crippen molar-refractivity contribution in [3.63, 3.8) is 0 Å². The van der Waals surface area contributed by atoms with Crippen molar-refractivity contribution in [1.82, 2.24) is 0 Å². The van der Waals surface area contributed by atoms with Gasteiger partial charge in [-0.1, -0.05) is 31.5 Å². The highest BCUT2D eigenvalue weighted by molar-refractivity contribution is 6.31. The summed E-state index contributed by atoms with van der Waals surface area (Å²) in [6.45, 7) is 7.26. The molecule has 1 aromatic carbocycles. The molecule has 0 aliphatic carbocycles. The molecule has 2 N–H and O–H groups in total. The SMILES string of the molecule is CC(C)(N)C(C)(C)C(=O)Cc1ccc(F)cc1Cl. The summed E-state index contributed by atoms with van der Waals surface area (Å²) in [5.41, 5.74) is 5.34. The lowest BCUT2D eigenvalue weighted by atomic mass is 9.71. The van der Waals surface area contributed by atoms with E-state index in [1.165, 1.54) is 18.2 Å². The third kappa shape index (κ3) is 3.09. The number of rotatable bonds is 4. The van der Waals surface area contributed by atoms with Crippen LogP contribution in [0.25, 0.3) is 0 Å². The van der Waals surface area contributed by atoms with Crippen LogP contribution in [0, 0.1) is 11.2 Å². The van der Waals surface area contributed by atoms with Crippen LogP contribution in [0.5, 0.6) is 0 Å². The van der Waals surface area contributed by atoms with Crippen LogP contribution in [0.15, 0.2) is 18.2 Å². The highest BCUT2D eigenvalue weighted by Crippen LogP contribution is 2.31. The minimum atomic E-state index is -0.676. The maximum absolute atomic E-state index is 12.9. The van der Waals surface area contributed by atoms with Gasteiger partial charge in [0.2, 0.25) is 0 Å². The molecule has 0 aliphatic rings. The van der Waals surface area contributed by atoms with Gasteiger partial charge >= 0.3 is 0 Å². The molecule has 2 nitrogen and oxygen atoms in total. The van der Waals surface area contributed by atoms with E-state index in [1.807, 2.05) is 27.7 Å². The summed E-state index contributed by atoms with van der Waals surface area (Å²) in [6, 6.07) is 4.05. The normalized spacial score (nSPS) is 12.6. The largest absolute Gasteiger partial charge is 0.325 e. The van der Waals surface area contributed by atoms with Crippen LogP contribution in [-0.4, -0.2) is 11.3 Å². The molecular formula is C14H19ClFNO. The fourth-order valence-electron chi connectivity index (χ4n) is 1.42. The van der Waals surface area contributed by atoms with Gasteiger partial charge in [0.25, 0.3) is 0 Å². The van der Waals surface area contributed by atoms with Crippen molar-refractivity contribution >= 4 is 17.4 Å². The van der Waals surface area contributed by atoms with E-state index >= 15 is 0 Å². The van der Waals surface area contributed by atoms with Crippen molar-refractivity contribution in [2.24, 2.45) is 11.1 Å². The lowest BCUT2D eigenvalue weighted by molar-refractivity contribution is -0.129. The number of ketones is 1. The number of hydrogen-bond donors (Lipinski definition) is 1. The number of halogens is 2. The molecule has 0 saturated carbocycles. The number of hydrogen-bond acceptors (Lipinski definition) is 2. The maximum atomic E-state index is 12.9. The fraction of sp³-hybridized carbons (Fsp3) is 0.500. The minimum absolute atomic E-state index is 0.0106. The van der Waals surface area contributed by atoms with Gasteiger partial charge < -0.3 is 5.73 Å². The summed E-state index contributed by atoms with van der Waals surface area (Å²) in [6.07, 6.45) is 0.159. The minimum Gasteiger partial charge on any atom is -0.325 e. The topological polar surface area (TPSA) is 43.1 Å². The predicted octanol–water partition coefficient (Wildman–Crippen LogP) is 3.35. The monoisotopic (exact) mass is 271 g/mol. The van der Waals surface area contributed by atoms with Crippen molar-refractivity contribution < 1.29 is 9.18 Å². The number of nitrogens with two attached hydrogens (primary N) is 1. The highest BCUT2D eigenvalue weighted by Gasteiger charge is 2.39. The van der Waals surface area contributed by atoms with E-state index in [0.29, 0.717) is 5.56 Å². The molecule has 0 aromatic heterocycles. The van der Waals surface area contributed by atoms with E-state index in [4.69, 9.17) is 17.3 Å². The molecule has 1 aromatic rings. The smallest absolute Gasteiger partial charge is 0.144 e. The molecule has 0 bridgehead atoms. The lowest BCUT2D eigenvalue weighted by Gasteiger charge is -2.37. The first-order valence-electron chi connectivity index (χ1n) is 5.82. The summed E-state index contributed by atoms with van der Waals surface area (Å²) in [4.78, 5) is 12.3. The zero-order valence-electron chi connectivity index (χ0n) is 11.2. The van der Waals surface area contributed by atoms with Gasteiger partial charge in [-0.3, -0.25) is 4.79 Å². The molecule has 18 heavy (non-hydrogen) atoms. The van der Waals surface area contributed by atoms with Gasteiger partial charge in [-0.25, -0.2) is 4.39 Å². The number of Topliss-reactive ketones (excluding diaryl/α,β-unsaturated/α-hetero) is 1. The van der Waals surface area contributed by atoms with Crippen molar-refractivity contribution in [3.8, 4) is 0 Å². The Labute approximate surface area is 112 Å². The van der Waals surface area contributed by atoms with Gasteiger partial charge in [-0.15, -0.1) is 0 Å². The summed E-state index contributed by atoms with van der Waals surface area (Å²) in [5.74, 6) is -0.418. The number of carbonyl (C=O) groups excluding carboxylic acids is 1. The molecule has 0 atom stereocenters. The molecule has 0 unspecified atom stereocenters. The first kappa shape index (κ1) is 15.1. The summed E-state index contributed by atoms with van der Waals surface area (Å²) >= 11 is 5.91. The van der Waals surface area contributed by atoms with Crippen molar-refractivity contribution in [1.29, 1.82) is 0 Å². The van der Waals surface area contributed by atoms with Gasteiger partial charge in [0.05, 0.1) is 0 Å². The highest BCUT2D eigenvalue weighted by atomic mass is 35.5. The van der Waals surface area contributed by atoms with Crippen LogP contribution in [-0.2, 0) is 11.2 Å². The van der Waals surface area contributed by atoms with E-state index < -0.39 is 16.8 Å². The lowest BCUT2D eigenvalue weighted by Crippen LogP contribution is -2.52. The van der Waals surface area contributed by atoms with Crippen molar-refractivity contribution in [3.05, 3.63) is 34.6 Å². The fourth-order valence-corrected chi connectivity index (χ4v) is 1.65. The standard InChI is InChI=1S/C14H19ClFNO/c1-13(2,14(3,4)17)12(18)7-9-5-6-10(16)8-11(9)15/h5-6,8H,7,17H2,1-4H3. The van der Waals surface area contributed by atoms with Gasteiger partial charge in [0.15, 0.2) is 0 Å². The Morgan fingerprint density at radius 1 is 1.33 bits per heavy atom. The van der Waals surface area contributed by atoms with Gasteiger partial charge in [0, 0.05) is 22.4 Å². The Morgan fingerprint density at radius 3 is 2.33 bits per heavy atom. The Balaban J connectivity index is 2.95. The molecule has 0 fully saturated rings. The van der Waals surface area contributed by atoms with Crippen LogP contribution >= 0.6 is 11.6 Å². The predicted molar refractivity (Wildman–Crippen MR) is 72.2 cm³/mol. The second kappa shape index (κ2) is 4.98. The molecule has 0 heterocycles. The molecule has 4 heteroatoms. The average molecular weight is 272 g/mol. The van der Waals surface area contributed by atoms with Crippen molar-refractivity contribution in [2.75, 3.05) is 0 Å². The quantitative estimate of drug-likeness (QED) is 0.913. The van der Waals surface area contributed by atoms with E-state index in [2.05, 4.69) is 0 Å². The Morgan fingerprint density at radius 2 is 1.89 bits per heavy atom. The van der Waals surface area contributed by atoms with Gasteiger partial charge in [-0.05, 0) is 31.5 Å². The second-order valence-electron chi connectivity index (χ2n) is 5.68. The molecule has 0 radical (unpaired) electrons. The molecule has 0 spiro atoms. The van der Waals surface area contributed by atoms with Crippen LogP contribution in [0.1, 0.15) is 33.3 Å². The van der Waals surface area contributed by atoms with Crippen LogP contribution in [0.4, 0.5) is 4.39 Å². The van der Waals surface area contributed by atoms with E-state index in [0.717, 1.165) is 0 Å². The van der Waals surface area contributed by atoms with Gasteiger partial charge in [0.1, 0.15) is 11.6 Å². The van der Waals surface area contributed by atoms with Crippen LogP contribution in [0.3, 0.4) is 0 Å². The summed E-state index contributed by atoms with van der Waals surface area (Å²) in [5, 5.41) is 0.272.